The Hall–Kier alpha value is -2.48. The molecule has 26 heavy (non-hydrogen) atoms. The molecule has 1 aromatic heterocycles. The number of carbonyl (C=O) groups is 3. The van der Waals surface area contributed by atoms with Crippen LogP contribution in [0, 0.1) is 5.92 Å². The van der Waals surface area contributed by atoms with E-state index >= 15 is 0 Å². The topological polar surface area (TPSA) is 112 Å². The normalized spacial score (nSPS) is 25.4. The number of urea groups is 1. The standard InChI is InChI=1S/C18H24N4O4/c1-18(2)16(25)21-17(26)22(18)10-15(24)20-14(11-7-13(23)8-11)9-12-5-3-4-6-19-12/h3-6,11,13-14,23H,7-10H2,1-2H3,(H,20,24)(H,21,25,26)/t11?,13?,14-/m0/s1. The van der Waals surface area contributed by atoms with Gasteiger partial charge in [-0.25, -0.2) is 4.79 Å². The summed E-state index contributed by atoms with van der Waals surface area (Å²) >= 11 is 0. The first kappa shape index (κ1) is 18.3. The van der Waals surface area contributed by atoms with Gasteiger partial charge in [-0.2, -0.15) is 0 Å². The van der Waals surface area contributed by atoms with E-state index < -0.39 is 17.5 Å². The van der Waals surface area contributed by atoms with Crippen LogP contribution >= 0.6 is 0 Å². The van der Waals surface area contributed by atoms with E-state index in [1.807, 2.05) is 18.2 Å². The number of pyridine rings is 1. The maximum Gasteiger partial charge on any atom is 0.325 e. The average Bonchev–Trinajstić information content (AvgIpc) is 2.74. The number of amides is 4. The van der Waals surface area contributed by atoms with E-state index in [9.17, 15) is 19.5 Å². The highest BCUT2D eigenvalue weighted by Gasteiger charge is 2.46. The molecule has 0 bridgehead atoms. The highest BCUT2D eigenvalue weighted by Crippen LogP contribution is 2.31. The minimum atomic E-state index is -1.06. The van der Waals surface area contributed by atoms with Gasteiger partial charge < -0.3 is 15.3 Å². The molecule has 0 spiro atoms. The van der Waals surface area contributed by atoms with Crippen LogP contribution in [0.5, 0.6) is 0 Å². The first-order chi connectivity index (χ1) is 12.3. The molecule has 3 N–H and O–H groups in total. The fourth-order valence-corrected chi connectivity index (χ4v) is 3.40. The van der Waals surface area contributed by atoms with Gasteiger partial charge in [0.15, 0.2) is 0 Å². The monoisotopic (exact) mass is 360 g/mol. The smallest absolute Gasteiger partial charge is 0.325 e. The molecule has 1 saturated carbocycles. The first-order valence-corrected chi connectivity index (χ1v) is 8.77. The molecule has 2 fully saturated rings. The second-order valence-electron chi connectivity index (χ2n) is 7.49. The van der Waals surface area contributed by atoms with Gasteiger partial charge >= 0.3 is 6.03 Å². The predicted octanol–water partition coefficient (Wildman–Crippen LogP) is 0.210. The first-order valence-electron chi connectivity index (χ1n) is 8.77. The number of hydrogen-bond acceptors (Lipinski definition) is 5. The molecule has 0 radical (unpaired) electrons. The summed E-state index contributed by atoms with van der Waals surface area (Å²) in [6, 6.07) is 4.87. The Morgan fingerprint density at radius 3 is 2.69 bits per heavy atom. The molecule has 2 heterocycles. The van der Waals surface area contributed by atoms with E-state index in [0.29, 0.717) is 19.3 Å². The number of imide groups is 1. The van der Waals surface area contributed by atoms with Gasteiger partial charge in [-0.05, 0) is 44.7 Å². The number of aliphatic hydroxyl groups excluding tert-OH is 1. The Balaban J connectivity index is 1.65. The molecular formula is C18H24N4O4. The number of aliphatic hydroxyl groups is 1. The third-order valence-corrected chi connectivity index (χ3v) is 5.22. The van der Waals surface area contributed by atoms with Crippen LogP contribution < -0.4 is 10.6 Å². The van der Waals surface area contributed by atoms with Crippen molar-refractivity contribution < 1.29 is 19.5 Å². The highest BCUT2D eigenvalue weighted by atomic mass is 16.3. The van der Waals surface area contributed by atoms with Crippen molar-refractivity contribution in [3.63, 3.8) is 0 Å². The second kappa shape index (κ2) is 7.03. The molecule has 1 atom stereocenters. The minimum Gasteiger partial charge on any atom is -0.393 e. The molecule has 1 saturated heterocycles. The van der Waals surface area contributed by atoms with E-state index in [-0.39, 0.29) is 30.5 Å². The molecule has 0 unspecified atom stereocenters. The lowest BCUT2D eigenvalue weighted by Crippen LogP contribution is -2.53. The van der Waals surface area contributed by atoms with Crippen molar-refractivity contribution in [3.05, 3.63) is 30.1 Å². The number of hydrogen-bond donors (Lipinski definition) is 3. The summed E-state index contributed by atoms with van der Waals surface area (Å²) in [5, 5.41) is 14.8. The third-order valence-electron chi connectivity index (χ3n) is 5.22. The molecule has 8 nitrogen and oxygen atoms in total. The van der Waals surface area contributed by atoms with Crippen LogP contribution in [0.3, 0.4) is 0 Å². The van der Waals surface area contributed by atoms with Gasteiger partial charge in [-0.15, -0.1) is 0 Å². The molecule has 3 rings (SSSR count). The Kier molecular flexibility index (Phi) is 4.95. The highest BCUT2D eigenvalue weighted by molar-refractivity contribution is 6.07. The van der Waals surface area contributed by atoms with E-state index in [1.165, 1.54) is 4.90 Å². The summed E-state index contributed by atoms with van der Waals surface area (Å²) < 4.78 is 0. The Bertz CT molecular complexity index is 700. The average molecular weight is 360 g/mol. The van der Waals surface area contributed by atoms with Crippen LogP contribution in [0.4, 0.5) is 4.79 Å². The lowest BCUT2D eigenvalue weighted by molar-refractivity contribution is -0.127. The summed E-state index contributed by atoms with van der Waals surface area (Å²) in [7, 11) is 0. The zero-order valence-electron chi connectivity index (χ0n) is 14.9. The van der Waals surface area contributed by atoms with Crippen molar-refractivity contribution >= 4 is 17.8 Å². The van der Waals surface area contributed by atoms with Gasteiger partial charge in [0, 0.05) is 24.4 Å². The summed E-state index contributed by atoms with van der Waals surface area (Å²) in [4.78, 5) is 41.8. The lowest BCUT2D eigenvalue weighted by Gasteiger charge is -2.38. The zero-order valence-corrected chi connectivity index (χ0v) is 14.9. The number of nitrogens with zero attached hydrogens (tertiary/aromatic N) is 2. The fourth-order valence-electron chi connectivity index (χ4n) is 3.40. The number of rotatable bonds is 6. The summed E-state index contributed by atoms with van der Waals surface area (Å²) in [5.74, 6) is -0.578. The SMILES string of the molecule is CC1(C)C(=O)NC(=O)N1CC(=O)N[C@@H](Cc1ccccn1)C1CC(O)C1. The Morgan fingerprint density at radius 2 is 2.15 bits per heavy atom. The maximum atomic E-state index is 12.5. The lowest BCUT2D eigenvalue weighted by atomic mass is 9.76. The van der Waals surface area contributed by atoms with E-state index in [2.05, 4.69) is 15.6 Å². The zero-order chi connectivity index (χ0) is 18.9. The van der Waals surface area contributed by atoms with Crippen LogP contribution in [0.25, 0.3) is 0 Å². The number of carbonyl (C=O) groups excluding carboxylic acids is 3. The molecule has 0 aromatic carbocycles. The van der Waals surface area contributed by atoms with Crippen molar-refractivity contribution in [2.45, 2.75) is 50.8 Å². The third kappa shape index (κ3) is 3.70. The van der Waals surface area contributed by atoms with Crippen LogP contribution in [0.15, 0.2) is 24.4 Å². The maximum absolute atomic E-state index is 12.5. The Morgan fingerprint density at radius 1 is 1.42 bits per heavy atom. The van der Waals surface area contributed by atoms with E-state index in [1.54, 1.807) is 20.0 Å². The Labute approximate surface area is 152 Å². The molecular weight excluding hydrogens is 336 g/mol. The van der Waals surface area contributed by atoms with Crippen molar-refractivity contribution in [1.82, 2.24) is 20.5 Å². The number of aromatic nitrogens is 1. The molecule has 4 amide bonds. The molecule has 1 aliphatic heterocycles. The molecule has 2 aliphatic rings. The van der Waals surface area contributed by atoms with Gasteiger partial charge in [0.1, 0.15) is 12.1 Å². The van der Waals surface area contributed by atoms with Crippen molar-refractivity contribution in [1.29, 1.82) is 0 Å². The van der Waals surface area contributed by atoms with Crippen LogP contribution in [0.2, 0.25) is 0 Å². The molecule has 140 valence electrons. The minimum absolute atomic E-state index is 0.165. The van der Waals surface area contributed by atoms with Gasteiger partial charge in [-0.1, -0.05) is 6.07 Å². The van der Waals surface area contributed by atoms with E-state index in [0.717, 1.165) is 5.69 Å². The van der Waals surface area contributed by atoms with Crippen LogP contribution in [-0.4, -0.2) is 57.1 Å². The quantitative estimate of drug-likeness (QED) is 0.628. The van der Waals surface area contributed by atoms with Gasteiger partial charge in [0.05, 0.1) is 6.10 Å². The van der Waals surface area contributed by atoms with Crippen LogP contribution in [-0.2, 0) is 16.0 Å². The molecule has 8 heteroatoms. The van der Waals surface area contributed by atoms with Gasteiger partial charge in [0.25, 0.3) is 5.91 Å². The molecule has 1 aliphatic carbocycles. The summed E-state index contributed by atoms with van der Waals surface area (Å²) in [6.45, 7) is 3.01. The van der Waals surface area contributed by atoms with Gasteiger partial charge in [-0.3, -0.25) is 19.9 Å². The van der Waals surface area contributed by atoms with Gasteiger partial charge in [0.2, 0.25) is 5.91 Å². The van der Waals surface area contributed by atoms with Crippen molar-refractivity contribution in [2.75, 3.05) is 6.54 Å². The van der Waals surface area contributed by atoms with Crippen molar-refractivity contribution in [2.24, 2.45) is 5.92 Å². The largest absolute Gasteiger partial charge is 0.393 e. The summed E-state index contributed by atoms with van der Waals surface area (Å²) in [5.41, 5.74) is -0.203. The van der Waals surface area contributed by atoms with E-state index in [4.69, 9.17) is 0 Å². The van der Waals surface area contributed by atoms with Crippen molar-refractivity contribution in [3.8, 4) is 0 Å². The van der Waals surface area contributed by atoms with Crippen LogP contribution in [0.1, 0.15) is 32.4 Å². The number of nitrogens with one attached hydrogen (secondary N) is 2. The fraction of sp³-hybridized carbons (Fsp3) is 0.556. The predicted molar refractivity (Wildman–Crippen MR) is 92.9 cm³/mol. The second-order valence-corrected chi connectivity index (χ2v) is 7.49. The summed E-state index contributed by atoms with van der Waals surface area (Å²) in [6.07, 6.45) is 3.19. The molecule has 1 aromatic rings.